The summed E-state index contributed by atoms with van der Waals surface area (Å²) in [7, 11) is 0. The SMILES string of the molecule is CCOC1=CC=C(Cl)[N+](=O)C1. The predicted molar refractivity (Wildman–Crippen MR) is 42.1 cm³/mol. The van der Waals surface area contributed by atoms with Crippen molar-refractivity contribution in [3.8, 4) is 0 Å². The Balaban J connectivity index is 2.65. The van der Waals surface area contributed by atoms with Crippen LogP contribution in [0.4, 0.5) is 0 Å². The lowest BCUT2D eigenvalue weighted by molar-refractivity contribution is -0.484. The molecule has 0 saturated carbocycles. The van der Waals surface area contributed by atoms with Crippen molar-refractivity contribution in [1.82, 2.24) is 0 Å². The predicted octanol–water partition coefficient (Wildman–Crippen LogP) is 1.78. The molecule has 0 aliphatic carbocycles. The van der Waals surface area contributed by atoms with Gasteiger partial charge < -0.3 is 4.74 Å². The number of allylic oxidation sites excluding steroid dienone is 2. The third-order valence-electron chi connectivity index (χ3n) is 1.27. The lowest BCUT2D eigenvalue weighted by Gasteiger charge is -2.04. The average molecular weight is 175 g/mol. The van der Waals surface area contributed by atoms with Gasteiger partial charge in [0, 0.05) is 11.0 Å². The molecule has 0 spiro atoms. The molecule has 0 amide bonds. The van der Waals surface area contributed by atoms with E-state index < -0.39 is 0 Å². The van der Waals surface area contributed by atoms with Crippen molar-refractivity contribution in [3.05, 3.63) is 28.0 Å². The Bertz CT molecular complexity index is 233. The topological polar surface area (TPSA) is 29.3 Å². The second kappa shape index (κ2) is 3.53. The summed E-state index contributed by atoms with van der Waals surface area (Å²) in [5.41, 5.74) is 0. The highest BCUT2D eigenvalue weighted by molar-refractivity contribution is 6.28. The first-order chi connectivity index (χ1) is 5.24. The van der Waals surface area contributed by atoms with E-state index in [1.165, 1.54) is 6.08 Å². The van der Waals surface area contributed by atoms with Gasteiger partial charge in [-0.3, -0.25) is 0 Å². The molecule has 0 fully saturated rings. The number of hydrogen-bond donors (Lipinski definition) is 0. The largest absolute Gasteiger partial charge is 0.491 e. The van der Waals surface area contributed by atoms with Crippen LogP contribution in [0.3, 0.4) is 0 Å². The molecule has 0 aromatic heterocycles. The third-order valence-corrected chi connectivity index (χ3v) is 1.59. The first-order valence-electron chi connectivity index (χ1n) is 3.38. The molecule has 0 saturated heterocycles. The Labute approximate surface area is 69.9 Å². The molecule has 0 unspecified atom stereocenters. The molecule has 3 nitrogen and oxygen atoms in total. The zero-order valence-electron chi connectivity index (χ0n) is 6.21. The number of ether oxygens (including phenoxy) is 1. The summed E-state index contributed by atoms with van der Waals surface area (Å²) < 4.78 is 5.80. The van der Waals surface area contributed by atoms with Gasteiger partial charge in [0.2, 0.25) is 0 Å². The summed E-state index contributed by atoms with van der Waals surface area (Å²) in [6, 6.07) is 0. The van der Waals surface area contributed by atoms with Gasteiger partial charge in [-0.15, -0.1) is 0 Å². The summed E-state index contributed by atoms with van der Waals surface area (Å²) in [4.78, 5) is 10.9. The van der Waals surface area contributed by atoms with Gasteiger partial charge in [-0.25, -0.2) is 0 Å². The van der Waals surface area contributed by atoms with Crippen molar-refractivity contribution >= 4 is 11.6 Å². The highest BCUT2D eigenvalue weighted by Crippen LogP contribution is 2.13. The number of rotatable bonds is 2. The normalized spacial score (nSPS) is 17.5. The van der Waals surface area contributed by atoms with E-state index in [1.54, 1.807) is 6.08 Å². The van der Waals surface area contributed by atoms with Gasteiger partial charge in [-0.2, -0.15) is 0 Å². The monoisotopic (exact) mass is 174 g/mol. The maximum absolute atomic E-state index is 10.9. The summed E-state index contributed by atoms with van der Waals surface area (Å²) in [6.07, 6.45) is 3.24. The van der Waals surface area contributed by atoms with E-state index >= 15 is 0 Å². The molecule has 0 radical (unpaired) electrons. The minimum Gasteiger partial charge on any atom is -0.491 e. The van der Waals surface area contributed by atoms with Gasteiger partial charge in [-0.05, 0) is 24.6 Å². The van der Waals surface area contributed by atoms with Crippen LogP contribution in [0.25, 0.3) is 0 Å². The van der Waals surface area contributed by atoms with Crippen molar-refractivity contribution in [2.75, 3.05) is 13.2 Å². The fraction of sp³-hybridized carbons (Fsp3) is 0.429. The van der Waals surface area contributed by atoms with Crippen LogP contribution in [-0.4, -0.2) is 17.9 Å². The fourth-order valence-electron chi connectivity index (χ4n) is 0.794. The van der Waals surface area contributed by atoms with Crippen LogP contribution in [0.15, 0.2) is 23.1 Å². The highest BCUT2D eigenvalue weighted by Gasteiger charge is 2.21. The van der Waals surface area contributed by atoms with Crippen LogP contribution in [0, 0.1) is 4.91 Å². The van der Waals surface area contributed by atoms with Gasteiger partial charge in [0.15, 0.2) is 5.76 Å². The molecule has 1 aliphatic heterocycles. The van der Waals surface area contributed by atoms with Crippen molar-refractivity contribution in [2.45, 2.75) is 6.92 Å². The Hall–Kier alpha value is -0.830. The molecular formula is C7H9ClNO2+. The molecule has 60 valence electrons. The van der Waals surface area contributed by atoms with Crippen molar-refractivity contribution in [1.29, 1.82) is 0 Å². The molecular weight excluding hydrogens is 166 g/mol. The summed E-state index contributed by atoms with van der Waals surface area (Å²) in [6.45, 7) is 2.66. The number of nitrogens with zero attached hydrogens (tertiary/aromatic N) is 1. The standard InChI is InChI=1S/C7H9ClNO2/c1-2-11-6-3-4-7(8)9(10)5-6/h3-4H,2,5H2,1H3/q+1. The van der Waals surface area contributed by atoms with Gasteiger partial charge in [0.1, 0.15) is 0 Å². The Morgan fingerprint density at radius 1 is 1.73 bits per heavy atom. The first-order valence-corrected chi connectivity index (χ1v) is 3.75. The second-order valence-electron chi connectivity index (χ2n) is 2.09. The molecule has 0 aromatic carbocycles. The van der Waals surface area contributed by atoms with E-state index in [-0.39, 0.29) is 11.7 Å². The molecule has 0 bridgehead atoms. The second-order valence-corrected chi connectivity index (χ2v) is 2.48. The zero-order chi connectivity index (χ0) is 8.27. The highest BCUT2D eigenvalue weighted by atomic mass is 35.5. The van der Waals surface area contributed by atoms with Crippen LogP contribution < -0.4 is 0 Å². The number of halogens is 1. The summed E-state index contributed by atoms with van der Waals surface area (Å²) in [5, 5.41) is 0.202. The summed E-state index contributed by atoms with van der Waals surface area (Å²) in [5.74, 6) is 0.659. The molecule has 1 rings (SSSR count). The minimum absolute atomic E-state index is 0.202. The lowest BCUT2D eigenvalue weighted by atomic mass is 10.3. The minimum atomic E-state index is 0.202. The zero-order valence-corrected chi connectivity index (χ0v) is 6.97. The van der Waals surface area contributed by atoms with E-state index in [4.69, 9.17) is 16.3 Å². The van der Waals surface area contributed by atoms with E-state index in [1.807, 2.05) is 6.92 Å². The fourth-order valence-corrected chi connectivity index (χ4v) is 0.917. The van der Waals surface area contributed by atoms with Crippen LogP contribution in [0.5, 0.6) is 0 Å². The Morgan fingerprint density at radius 2 is 2.45 bits per heavy atom. The number of nitroso groups, excluding NO2 is 1. The molecule has 1 heterocycles. The van der Waals surface area contributed by atoms with E-state index in [2.05, 4.69) is 0 Å². The first kappa shape index (κ1) is 8.27. The van der Waals surface area contributed by atoms with E-state index in [9.17, 15) is 4.91 Å². The van der Waals surface area contributed by atoms with Crippen LogP contribution in [0.2, 0.25) is 0 Å². The summed E-state index contributed by atoms with van der Waals surface area (Å²) >= 11 is 5.51. The third kappa shape index (κ3) is 2.05. The smallest absolute Gasteiger partial charge is 0.324 e. The molecule has 0 atom stereocenters. The molecule has 4 heteroatoms. The Kier molecular flexibility index (Phi) is 2.65. The average Bonchev–Trinajstić information content (AvgIpc) is 1.98. The van der Waals surface area contributed by atoms with Gasteiger partial charge in [-0.1, -0.05) is 0 Å². The molecule has 0 N–H and O–H groups in total. The molecule has 0 aromatic rings. The van der Waals surface area contributed by atoms with Gasteiger partial charge in [0.25, 0.3) is 6.54 Å². The van der Waals surface area contributed by atoms with Crippen molar-refractivity contribution in [2.24, 2.45) is 0 Å². The maximum Gasteiger partial charge on any atom is 0.324 e. The van der Waals surface area contributed by atoms with E-state index in [0.29, 0.717) is 17.1 Å². The van der Waals surface area contributed by atoms with Crippen molar-refractivity contribution in [3.63, 3.8) is 0 Å². The molecule has 11 heavy (non-hydrogen) atoms. The van der Waals surface area contributed by atoms with Crippen LogP contribution in [-0.2, 0) is 4.74 Å². The maximum atomic E-state index is 10.9. The molecule has 1 aliphatic rings. The number of hydrogen-bond acceptors (Lipinski definition) is 2. The van der Waals surface area contributed by atoms with Gasteiger partial charge in [0.05, 0.1) is 11.4 Å². The van der Waals surface area contributed by atoms with E-state index in [0.717, 1.165) is 0 Å². The van der Waals surface area contributed by atoms with Crippen molar-refractivity contribution < 1.29 is 9.50 Å². The lowest BCUT2D eigenvalue weighted by Crippen LogP contribution is -2.13. The van der Waals surface area contributed by atoms with Crippen LogP contribution >= 0.6 is 11.6 Å². The quantitative estimate of drug-likeness (QED) is 0.472. The van der Waals surface area contributed by atoms with Crippen LogP contribution in [0.1, 0.15) is 6.92 Å². The van der Waals surface area contributed by atoms with Gasteiger partial charge >= 0.3 is 5.16 Å². The Morgan fingerprint density at radius 3 is 3.00 bits per heavy atom.